The molecule has 1 fully saturated rings. The largest absolute Gasteiger partial charge is 0.329 e. The van der Waals surface area contributed by atoms with Crippen molar-refractivity contribution >= 4 is 0 Å². The van der Waals surface area contributed by atoms with E-state index in [9.17, 15) is 4.39 Å². The van der Waals surface area contributed by atoms with Crippen LogP contribution in [0.1, 0.15) is 44.6 Å². The maximum atomic E-state index is 13.4. The molecule has 2 N–H and O–H groups in total. The van der Waals surface area contributed by atoms with E-state index in [1.807, 2.05) is 6.07 Å². The first-order valence-corrected chi connectivity index (χ1v) is 8.19. The summed E-state index contributed by atoms with van der Waals surface area (Å²) in [6.45, 7) is 3.89. The predicted octanol–water partition coefficient (Wildman–Crippen LogP) is 3.60. The molecule has 2 rings (SSSR count). The Morgan fingerprint density at radius 3 is 2.62 bits per heavy atom. The van der Waals surface area contributed by atoms with Gasteiger partial charge in [-0.25, -0.2) is 4.39 Å². The summed E-state index contributed by atoms with van der Waals surface area (Å²) in [7, 11) is 2.17. The van der Waals surface area contributed by atoms with Crippen molar-refractivity contribution in [3.8, 4) is 0 Å². The average Bonchev–Trinajstić information content (AvgIpc) is 2.48. The Labute approximate surface area is 128 Å². The molecule has 0 radical (unpaired) electrons. The number of hydrogen-bond donors (Lipinski definition) is 1. The van der Waals surface area contributed by atoms with Crippen LogP contribution in [-0.4, -0.2) is 30.6 Å². The Morgan fingerprint density at radius 1 is 1.29 bits per heavy atom. The van der Waals surface area contributed by atoms with Gasteiger partial charge in [-0.2, -0.15) is 0 Å². The molecular formula is C18H29FN2. The van der Waals surface area contributed by atoms with Gasteiger partial charge in [-0.3, -0.25) is 4.90 Å². The van der Waals surface area contributed by atoms with Gasteiger partial charge in [-0.05, 0) is 56.8 Å². The quantitative estimate of drug-likeness (QED) is 0.868. The minimum atomic E-state index is -0.165. The van der Waals surface area contributed by atoms with E-state index >= 15 is 0 Å². The molecule has 1 aliphatic rings. The summed E-state index contributed by atoms with van der Waals surface area (Å²) in [5.74, 6) is 0.629. The number of hydrogen-bond acceptors (Lipinski definition) is 2. The van der Waals surface area contributed by atoms with Gasteiger partial charge in [0.15, 0.2) is 0 Å². The van der Waals surface area contributed by atoms with Crippen LogP contribution in [0.25, 0.3) is 0 Å². The number of nitrogens with two attached hydrogens (primary N) is 1. The Kier molecular flexibility index (Phi) is 5.77. The molecule has 0 heterocycles. The first-order chi connectivity index (χ1) is 10.0. The standard InChI is InChI=1S/C18H29FN2/c1-18(14-20,12-16-9-6-10-17(19)11-16)21(2)13-15-7-4-3-5-8-15/h6,9-11,15H,3-5,7-8,12-14,20H2,1-2H3. The summed E-state index contributed by atoms with van der Waals surface area (Å²) in [5, 5.41) is 0. The van der Waals surface area contributed by atoms with Crippen LogP contribution >= 0.6 is 0 Å². The zero-order valence-electron chi connectivity index (χ0n) is 13.4. The van der Waals surface area contributed by atoms with Crippen LogP contribution in [0.2, 0.25) is 0 Å². The minimum Gasteiger partial charge on any atom is -0.329 e. The third-order valence-electron chi connectivity index (χ3n) is 5.09. The fraction of sp³-hybridized carbons (Fsp3) is 0.667. The first kappa shape index (κ1) is 16.4. The zero-order valence-corrected chi connectivity index (χ0v) is 13.4. The van der Waals surface area contributed by atoms with E-state index in [-0.39, 0.29) is 11.4 Å². The number of likely N-dealkylation sites (N-methyl/N-ethyl adjacent to an activating group) is 1. The van der Waals surface area contributed by atoms with Crippen molar-refractivity contribution < 1.29 is 4.39 Å². The van der Waals surface area contributed by atoms with E-state index < -0.39 is 0 Å². The molecule has 21 heavy (non-hydrogen) atoms. The molecule has 0 aliphatic heterocycles. The van der Waals surface area contributed by atoms with E-state index in [1.165, 1.54) is 38.2 Å². The second-order valence-corrected chi connectivity index (χ2v) is 6.89. The summed E-state index contributed by atoms with van der Waals surface area (Å²) in [6, 6.07) is 6.89. The maximum Gasteiger partial charge on any atom is 0.123 e. The predicted molar refractivity (Wildman–Crippen MR) is 86.8 cm³/mol. The molecular weight excluding hydrogens is 263 g/mol. The summed E-state index contributed by atoms with van der Waals surface area (Å²) >= 11 is 0. The minimum absolute atomic E-state index is 0.106. The molecule has 0 aromatic heterocycles. The average molecular weight is 292 g/mol. The van der Waals surface area contributed by atoms with Crippen molar-refractivity contribution in [2.45, 2.75) is 51.0 Å². The zero-order chi connectivity index (χ0) is 15.3. The molecule has 0 bridgehead atoms. The van der Waals surface area contributed by atoms with Gasteiger partial charge in [0.2, 0.25) is 0 Å². The van der Waals surface area contributed by atoms with Gasteiger partial charge in [0, 0.05) is 18.6 Å². The fourth-order valence-electron chi connectivity index (χ4n) is 3.43. The monoisotopic (exact) mass is 292 g/mol. The summed E-state index contributed by atoms with van der Waals surface area (Å²) in [6.07, 6.45) is 7.58. The van der Waals surface area contributed by atoms with E-state index in [4.69, 9.17) is 5.73 Å². The van der Waals surface area contributed by atoms with Gasteiger partial charge < -0.3 is 5.73 Å². The second-order valence-electron chi connectivity index (χ2n) is 6.89. The van der Waals surface area contributed by atoms with Crippen molar-refractivity contribution in [2.24, 2.45) is 11.7 Å². The van der Waals surface area contributed by atoms with Gasteiger partial charge in [-0.15, -0.1) is 0 Å². The molecule has 0 spiro atoms. The molecule has 1 unspecified atom stereocenters. The molecule has 118 valence electrons. The summed E-state index contributed by atoms with van der Waals surface area (Å²) in [5.41, 5.74) is 6.98. The van der Waals surface area contributed by atoms with Crippen molar-refractivity contribution in [3.63, 3.8) is 0 Å². The Morgan fingerprint density at radius 2 is 2.00 bits per heavy atom. The smallest absolute Gasteiger partial charge is 0.123 e. The molecule has 3 heteroatoms. The van der Waals surface area contributed by atoms with Crippen LogP contribution in [0.5, 0.6) is 0 Å². The van der Waals surface area contributed by atoms with E-state index in [0.29, 0.717) is 6.54 Å². The van der Waals surface area contributed by atoms with Gasteiger partial charge in [0.25, 0.3) is 0 Å². The van der Waals surface area contributed by atoms with Gasteiger partial charge >= 0.3 is 0 Å². The van der Waals surface area contributed by atoms with Crippen LogP contribution < -0.4 is 5.73 Å². The normalized spacial score (nSPS) is 19.7. The molecule has 0 amide bonds. The lowest BCUT2D eigenvalue weighted by atomic mass is 9.86. The Hall–Kier alpha value is -0.930. The molecule has 1 aliphatic carbocycles. The van der Waals surface area contributed by atoms with Gasteiger partial charge in [0.1, 0.15) is 5.82 Å². The first-order valence-electron chi connectivity index (χ1n) is 8.19. The van der Waals surface area contributed by atoms with Crippen molar-refractivity contribution in [1.82, 2.24) is 4.90 Å². The summed E-state index contributed by atoms with van der Waals surface area (Å²) < 4.78 is 13.4. The van der Waals surface area contributed by atoms with E-state index in [0.717, 1.165) is 24.4 Å². The van der Waals surface area contributed by atoms with Crippen LogP contribution in [0.3, 0.4) is 0 Å². The van der Waals surface area contributed by atoms with Gasteiger partial charge in [-0.1, -0.05) is 31.4 Å². The lowest BCUT2D eigenvalue weighted by Gasteiger charge is -2.41. The molecule has 1 aromatic rings. The number of nitrogens with zero attached hydrogens (tertiary/aromatic N) is 1. The van der Waals surface area contributed by atoms with Crippen molar-refractivity contribution in [2.75, 3.05) is 20.1 Å². The maximum absolute atomic E-state index is 13.4. The highest BCUT2D eigenvalue weighted by Crippen LogP contribution is 2.27. The number of rotatable bonds is 6. The van der Waals surface area contributed by atoms with Crippen LogP contribution in [-0.2, 0) is 6.42 Å². The second kappa shape index (κ2) is 7.37. The third-order valence-corrected chi connectivity index (χ3v) is 5.09. The highest BCUT2D eigenvalue weighted by molar-refractivity contribution is 5.19. The molecule has 2 nitrogen and oxygen atoms in total. The lowest BCUT2D eigenvalue weighted by molar-refractivity contribution is 0.110. The molecule has 1 aromatic carbocycles. The van der Waals surface area contributed by atoms with E-state index in [2.05, 4.69) is 18.9 Å². The number of halogens is 1. The Balaban J connectivity index is 2.01. The van der Waals surface area contributed by atoms with Gasteiger partial charge in [0.05, 0.1) is 0 Å². The SMILES string of the molecule is CN(CC1CCCCC1)C(C)(CN)Cc1cccc(F)c1. The van der Waals surface area contributed by atoms with Crippen molar-refractivity contribution in [3.05, 3.63) is 35.6 Å². The summed E-state index contributed by atoms with van der Waals surface area (Å²) in [4.78, 5) is 2.40. The third kappa shape index (κ3) is 4.52. The molecule has 1 atom stereocenters. The van der Waals surface area contributed by atoms with E-state index in [1.54, 1.807) is 12.1 Å². The molecule has 0 saturated heterocycles. The van der Waals surface area contributed by atoms with Crippen LogP contribution in [0.4, 0.5) is 4.39 Å². The topological polar surface area (TPSA) is 29.3 Å². The van der Waals surface area contributed by atoms with Crippen LogP contribution in [0.15, 0.2) is 24.3 Å². The highest BCUT2D eigenvalue weighted by Gasteiger charge is 2.30. The fourth-order valence-corrected chi connectivity index (χ4v) is 3.43. The number of benzene rings is 1. The van der Waals surface area contributed by atoms with Crippen LogP contribution in [0, 0.1) is 11.7 Å². The lowest BCUT2D eigenvalue weighted by Crippen LogP contribution is -2.52. The van der Waals surface area contributed by atoms with Crippen molar-refractivity contribution in [1.29, 1.82) is 0 Å². The Bertz CT molecular complexity index is 443. The molecule has 1 saturated carbocycles. The highest BCUT2D eigenvalue weighted by atomic mass is 19.1.